The minimum atomic E-state index is -0.942. The third-order valence-corrected chi connectivity index (χ3v) is 2.06. The van der Waals surface area contributed by atoms with Crippen LogP contribution in [0.25, 0.3) is 0 Å². The number of rotatable bonds is 2. The smallest absolute Gasteiger partial charge is 0.409 e. The van der Waals surface area contributed by atoms with Crippen molar-refractivity contribution in [3.63, 3.8) is 0 Å². The van der Waals surface area contributed by atoms with Gasteiger partial charge in [-0.25, -0.2) is 4.79 Å². The normalized spacial score (nSPS) is 9.87. The summed E-state index contributed by atoms with van der Waals surface area (Å²) in [5.74, 6) is 0.0698. The van der Waals surface area contributed by atoms with Crippen LogP contribution in [0.5, 0.6) is 5.75 Å². The molecule has 15 heavy (non-hydrogen) atoms. The molecule has 4 heteroatoms. The van der Waals surface area contributed by atoms with E-state index in [1.54, 1.807) is 13.0 Å². The molecule has 0 heterocycles. The highest BCUT2D eigenvalue weighted by Gasteiger charge is 2.14. The molecule has 0 saturated carbocycles. The molecule has 3 nitrogen and oxygen atoms in total. The predicted molar refractivity (Wildman–Crippen MR) is 57.8 cm³/mol. The van der Waals surface area contributed by atoms with Crippen molar-refractivity contribution in [1.82, 2.24) is 0 Å². The van der Waals surface area contributed by atoms with Gasteiger partial charge in [-0.2, -0.15) is 0 Å². The van der Waals surface area contributed by atoms with Gasteiger partial charge in [-0.15, -0.1) is 0 Å². The number of aryl methyl sites for hydroxylation is 2. The lowest BCUT2D eigenvalue weighted by Gasteiger charge is -2.09. The zero-order chi connectivity index (χ0) is 11.6. The first-order valence-corrected chi connectivity index (χ1v) is 4.79. The quantitative estimate of drug-likeness (QED) is 0.574. The van der Waals surface area contributed by atoms with Crippen molar-refractivity contribution < 1.29 is 14.3 Å². The Morgan fingerprint density at radius 2 is 1.87 bits per heavy atom. The van der Waals surface area contributed by atoms with E-state index in [2.05, 4.69) is 0 Å². The first kappa shape index (κ1) is 11.7. The molecule has 1 aromatic carbocycles. The van der Waals surface area contributed by atoms with Crippen molar-refractivity contribution >= 4 is 22.8 Å². The van der Waals surface area contributed by atoms with Gasteiger partial charge in [-0.05, 0) is 38.0 Å². The topological polar surface area (TPSA) is 43.4 Å². The molecular formula is C11H11ClO3. The van der Waals surface area contributed by atoms with E-state index < -0.39 is 5.43 Å². The number of carbonyl (C=O) groups excluding carboxylic acids is 2. The van der Waals surface area contributed by atoms with Crippen molar-refractivity contribution in [2.24, 2.45) is 0 Å². The van der Waals surface area contributed by atoms with E-state index in [1.165, 1.54) is 6.92 Å². The lowest BCUT2D eigenvalue weighted by molar-refractivity contribution is 0.101. The maximum absolute atomic E-state index is 11.3. The van der Waals surface area contributed by atoms with Gasteiger partial charge in [0.15, 0.2) is 5.78 Å². The van der Waals surface area contributed by atoms with Crippen LogP contribution < -0.4 is 4.74 Å². The average molecular weight is 227 g/mol. The summed E-state index contributed by atoms with van der Waals surface area (Å²) >= 11 is 5.12. The van der Waals surface area contributed by atoms with Crippen LogP contribution >= 0.6 is 11.6 Å². The summed E-state index contributed by atoms with van der Waals surface area (Å²) in [5, 5.41) is 0. The van der Waals surface area contributed by atoms with Crippen LogP contribution in [0.3, 0.4) is 0 Å². The van der Waals surface area contributed by atoms with Crippen LogP contribution in [-0.2, 0) is 0 Å². The van der Waals surface area contributed by atoms with E-state index in [-0.39, 0.29) is 11.5 Å². The number of hydrogen-bond acceptors (Lipinski definition) is 3. The highest BCUT2D eigenvalue weighted by molar-refractivity contribution is 6.61. The van der Waals surface area contributed by atoms with E-state index in [0.717, 1.165) is 11.1 Å². The third kappa shape index (κ3) is 2.80. The van der Waals surface area contributed by atoms with E-state index in [4.69, 9.17) is 16.3 Å². The highest BCUT2D eigenvalue weighted by Crippen LogP contribution is 2.25. The molecule has 1 aromatic rings. The van der Waals surface area contributed by atoms with Crippen LogP contribution in [0.4, 0.5) is 4.79 Å². The molecule has 1 rings (SSSR count). The molecule has 0 amide bonds. The minimum absolute atomic E-state index is 0.152. The molecule has 0 aliphatic rings. The number of Topliss-reactive ketones (excluding diaryl/α,β-unsaturated/α-hetero) is 1. The molecule has 0 fully saturated rings. The number of ether oxygens (including phenoxy) is 1. The van der Waals surface area contributed by atoms with Gasteiger partial charge in [-0.1, -0.05) is 6.07 Å². The van der Waals surface area contributed by atoms with Gasteiger partial charge in [0, 0.05) is 11.6 Å². The molecule has 0 saturated heterocycles. The zero-order valence-corrected chi connectivity index (χ0v) is 9.51. The second kappa shape index (κ2) is 4.45. The van der Waals surface area contributed by atoms with Crippen molar-refractivity contribution in [3.05, 3.63) is 28.8 Å². The van der Waals surface area contributed by atoms with Gasteiger partial charge in [0.25, 0.3) is 0 Å². The van der Waals surface area contributed by atoms with Crippen molar-refractivity contribution in [3.8, 4) is 5.75 Å². The molecule has 0 spiro atoms. The van der Waals surface area contributed by atoms with Gasteiger partial charge < -0.3 is 4.74 Å². The number of hydrogen-bond donors (Lipinski definition) is 0. The SMILES string of the molecule is CC(=O)c1c(C)cc(C)cc1OC(=O)Cl. The Balaban J connectivity index is 3.33. The van der Waals surface area contributed by atoms with Gasteiger partial charge in [0.1, 0.15) is 5.75 Å². The van der Waals surface area contributed by atoms with Crippen LogP contribution in [-0.4, -0.2) is 11.2 Å². The summed E-state index contributed by atoms with van der Waals surface area (Å²) in [5.41, 5.74) is 1.14. The van der Waals surface area contributed by atoms with Crippen LogP contribution in [0.1, 0.15) is 28.4 Å². The minimum Gasteiger partial charge on any atom is -0.414 e. The van der Waals surface area contributed by atoms with E-state index >= 15 is 0 Å². The molecule has 0 atom stereocenters. The fraction of sp³-hybridized carbons (Fsp3) is 0.273. The molecule has 0 aliphatic heterocycles. The molecule has 0 N–H and O–H groups in total. The second-order valence-electron chi connectivity index (χ2n) is 3.35. The Labute approximate surface area is 93.0 Å². The molecule has 0 unspecified atom stereocenters. The summed E-state index contributed by atoms with van der Waals surface area (Å²) in [6.07, 6.45) is 0. The standard InChI is InChI=1S/C11H11ClO3/c1-6-4-7(2)10(8(3)13)9(5-6)15-11(12)14/h4-5H,1-3H3. The van der Waals surface area contributed by atoms with Gasteiger partial charge >= 0.3 is 5.43 Å². The maximum atomic E-state index is 11.3. The first-order chi connectivity index (χ1) is 6.91. The first-order valence-electron chi connectivity index (χ1n) is 4.41. The van der Waals surface area contributed by atoms with E-state index in [0.29, 0.717) is 5.56 Å². The Morgan fingerprint density at radius 3 is 2.33 bits per heavy atom. The van der Waals surface area contributed by atoms with E-state index in [9.17, 15) is 9.59 Å². The Kier molecular flexibility index (Phi) is 3.48. The van der Waals surface area contributed by atoms with Crippen LogP contribution in [0.2, 0.25) is 0 Å². The summed E-state index contributed by atoms with van der Waals surface area (Å²) < 4.78 is 4.77. The largest absolute Gasteiger partial charge is 0.414 e. The monoisotopic (exact) mass is 226 g/mol. The number of ketones is 1. The number of halogens is 1. The fourth-order valence-electron chi connectivity index (χ4n) is 1.55. The summed E-state index contributed by atoms with van der Waals surface area (Å²) in [6, 6.07) is 3.46. The molecular weight excluding hydrogens is 216 g/mol. The van der Waals surface area contributed by atoms with Gasteiger partial charge in [0.2, 0.25) is 0 Å². The average Bonchev–Trinajstić information content (AvgIpc) is 1.99. The third-order valence-electron chi connectivity index (χ3n) is 1.99. The van der Waals surface area contributed by atoms with Crippen molar-refractivity contribution in [2.75, 3.05) is 0 Å². The van der Waals surface area contributed by atoms with Crippen molar-refractivity contribution in [1.29, 1.82) is 0 Å². The molecule has 0 aromatic heterocycles. The summed E-state index contributed by atoms with van der Waals surface area (Å²) in [4.78, 5) is 22.0. The lowest BCUT2D eigenvalue weighted by atomic mass is 10.0. The highest BCUT2D eigenvalue weighted by atomic mass is 35.5. The fourth-order valence-corrected chi connectivity index (χ4v) is 1.63. The Morgan fingerprint density at radius 1 is 1.27 bits per heavy atom. The molecule has 80 valence electrons. The second-order valence-corrected chi connectivity index (χ2v) is 3.66. The molecule has 0 radical (unpaired) electrons. The maximum Gasteiger partial charge on any atom is 0.409 e. The Hall–Kier alpha value is -1.35. The molecule has 0 aliphatic carbocycles. The summed E-state index contributed by atoms with van der Waals surface area (Å²) in [6.45, 7) is 5.06. The van der Waals surface area contributed by atoms with Gasteiger partial charge in [0.05, 0.1) is 5.56 Å². The lowest BCUT2D eigenvalue weighted by Crippen LogP contribution is -2.05. The van der Waals surface area contributed by atoms with Gasteiger partial charge in [-0.3, -0.25) is 4.79 Å². The number of carbonyl (C=O) groups is 2. The van der Waals surface area contributed by atoms with Crippen molar-refractivity contribution in [2.45, 2.75) is 20.8 Å². The predicted octanol–water partition coefficient (Wildman–Crippen LogP) is 3.24. The summed E-state index contributed by atoms with van der Waals surface area (Å²) in [7, 11) is 0. The van der Waals surface area contributed by atoms with E-state index in [1.807, 2.05) is 13.0 Å². The van der Waals surface area contributed by atoms with Crippen LogP contribution in [0.15, 0.2) is 12.1 Å². The Bertz CT molecular complexity index is 424. The molecule has 0 bridgehead atoms. The number of benzene rings is 1. The van der Waals surface area contributed by atoms with Crippen LogP contribution in [0, 0.1) is 13.8 Å². The zero-order valence-electron chi connectivity index (χ0n) is 8.76.